The molecule has 0 atom stereocenters. The smallest absolute Gasteiger partial charge is 0.0845 e. The molecule has 0 saturated heterocycles. The van der Waals surface area contributed by atoms with Crippen molar-refractivity contribution in [3.8, 4) is 0 Å². The molecule has 0 spiro atoms. The Kier molecular flexibility index (Phi) is 13.8. The molecule has 0 aliphatic heterocycles. The van der Waals surface area contributed by atoms with Crippen molar-refractivity contribution < 1.29 is 9.84 Å². The normalized spacial score (nSPS) is 8.10. The lowest BCUT2D eigenvalue weighted by atomic mass is 10.2. The average Bonchev–Trinajstić information content (AvgIpc) is 1.91. The van der Waals surface area contributed by atoms with E-state index in [9.17, 15) is 5.11 Å². The topological polar surface area (TPSA) is 29.1 Å². The molecule has 0 aliphatic carbocycles. The molecule has 0 aliphatic rings. The molecule has 0 aromatic rings. The fourth-order valence-electron chi connectivity index (χ4n) is 0.118. The highest BCUT2D eigenvalue weighted by Crippen LogP contribution is 1.84. The van der Waals surface area contributed by atoms with Crippen LogP contribution in [0.15, 0.2) is 12.8 Å². The van der Waals surface area contributed by atoms with Crippen molar-refractivity contribution in [3.63, 3.8) is 0 Å². The summed E-state index contributed by atoms with van der Waals surface area (Å²) in [5.74, 6) is 0.329. The van der Waals surface area contributed by atoms with Crippen LogP contribution in [0.4, 0.5) is 0 Å². The summed E-state index contributed by atoms with van der Waals surface area (Å²) in [7, 11) is 0. The van der Waals surface area contributed by atoms with E-state index in [1.54, 1.807) is 0 Å². The second kappa shape index (κ2) is 11.3. The molecule has 0 heterocycles. The highest BCUT2D eigenvalue weighted by molar-refractivity contribution is 4.45. The van der Waals surface area contributed by atoms with Crippen LogP contribution in [0.2, 0.25) is 0 Å². The summed E-state index contributed by atoms with van der Waals surface area (Å²) in [5.41, 5.74) is 0. The maximum absolute atomic E-state index is 9.63. The third-order valence-electron chi connectivity index (χ3n) is 0.618. The van der Waals surface area contributed by atoms with Gasteiger partial charge in [-0.05, 0) is 12.8 Å². The molecule has 0 unspecified atom stereocenters. The number of hydrogen-bond donors (Lipinski definition) is 0. The maximum Gasteiger partial charge on any atom is 0.0845 e. The first-order chi connectivity index (χ1) is 4.68. The van der Waals surface area contributed by atoms with Crippen LogP contribution in [-0.4, -0.2) is 13.2 Å². The van der Waals surface area contributed by atoms with Crippen LogP contribution in [0.5, 0.6) is 0 Å². The van der Waals surface area contributed by atoms with Gasteiger partial charge in [-0.1, -0.05) is 20.4 Å². The van der Waals surface area contributed by atoms with E-state index < -0.39 is 0 Å². The van der Waals surface area contributed by atoms with Gasteiger partial charge in [0.15, 0.2) is 0 Å². The standard InChI is InChI=1S/C4H9O.C4H8O/c1-4(2)3-5;1-3-5-4-2/h4H,3H2,1-2H3;3H,1,4H2,2H3. The minimum absolute atomic E-state index is 0.0556. The first-order valence-electron chi connectivity index (χ1n) is 3.49. The Morgan fingerprint density at radius 2 is 2.00 bits per heavy atom. The summed E-state index contributed by atoms with van der Waals surface area (Å²) in [5, 5.41) is 9.63. The highest BCUT2D eigenvalue weighted by atomic mass is 16.5. The second-order valence-electron chi connectivity index (χ2n) is 2.18. The van der Waals surface area contributed by atoms with Crippen molar-refractivity contribution in [3.05, 3.63) is 12.8 Å². The quantitative estimate of drug-likeness (QED) is 0.560. The van der Waals surface area contributed by atoms with Crippen molar-refractivity contribution in [1.29, 1.82) is 0 Å². The van der Waals surface area contributed by atoms with Gasteiger partial charge in [-0.3, -0.25) is 0 Å². The molecule has 0 N–H and O–H groups in total. The van der Waals surface area contributed by atoms with E-state index in [1.807, 2.05) is 20.8 Å². The van der Waals surface area contributed by atoms with E-state index in [2.05, 4.69) is 11.3 Å². The van der Waals surface area contributed by atoms with Gasteiger partial charge in [0.05, 0.1) is 19.5 Å². The summed E-state index contributed by atoms with van der Waals surface area (Å²) < 4.78 is 4.60. The maximum atomic E-state index is 9.63. The van der Waals surface area contributed by atoms with E-state index >= 15 is 0 Å². The molecule has 0 saturated carbocycles. The number of hydrogen-bond acceptors (Lipinski definition) is 1. The SMILES string of the molecule is C=COCC.CC(C)C[O]. The minimum atomic E-state index is 0.0556. The fourth-order valence-corrected chi connectivity index (χ4v) is 0.118. The van der Waals surface area contributed by atoms with Gasteiger partial charge in [-0.25, -0.2) is 5.11 Å². The predicted octanol–water partition coefficient (Wildman–Crippen LogP) is 2.24. The molecular weight excluding hydrogens is 128 g/mol. The summed E-state index contributed by atoms with van der Waals surface area (Å²) in [6.45, 7) is 9.85. The first-order valence-corrected chi connectivity index (χ1v) is 3.49. The third kappa shape index (κ3) is 25.9. The Balaban J connectivity index is 0. The van der Waals surface area contributed by atoms with Crippen molar-refractivity contribution in [1.82, 2.24) is 0 Å². The zero-order valence-corrected chi connectivity index (χ0v) is 7.09. The summed E-state index contributed by atoms with van der Waals surface area (Å²) in [6.07, 6.45) is 1.43. The van der Waals surface area contributed by atoms with Crippen LogP contribution in [0.1, 0.15) is 20.8 Å². The molecule has 0 rings (SSSR count). The molecule has 10 heavy (non-hydrogen) atoms. The Morgan fingerprint density at radius 3 is 2.00 bits per heavy atom. The predicted molar refractivity (Wildman–Crippen MR) is 42.2 cm³/mol. The van der Waals surface area contributed by atoms with Crippen LogP contribution in [0.25, 0.3) is 0 Å². The van der Waals surface area contributed by atoms with Gasteiger partial charge in [0.1, 0.15) is 0 Å². The van der Waals surface area contributed by atoms with Crippen molar-refractivity contribution in [2.24, 2.45) is 5.92 Å². The minimum Gasteiger partial charge on any atom is -0.502 e. The molecule has 1 radical (unpaired) electrons. The lowest BCUT2D eigenvalue weighted by molar-refractivity contribution is 0.158. The molecule has 0 aromatic carbocycles. The molecular formula is C8H17O2. The van der Waals surface area contributed by atoms with Crippen molar-refractivity contribution in [2.45, 2.75) is 20.8 Å². The molecule has 0 fully saturated rings. The van der Waals surface area contributed by atoms with Crippen LogP contribution < -0.4 is 0 Å². The van der Waals surface area contributed by atoms with Gasteiger partial charge in [0.25, 0.3) is 0 Å². The van der Waals surface area contributed by atoms with E-state index in [1.165, 1.54) is 6.26 Å². The Morgan fingerprint density at radius 1 is 1.60 bits per heavy atom. The van der Waals surface area contributed by atoms with Gasteiger partial charge in [0, 0.05) is 0 Å². The van der Waals surface area contributed by atoms with Gasteiger partial charge in [-0.15, -0.1) is 0 Å². The first kappa shape index (κ1) is 12.2. The van der Waals surface area contributed by atoms with Gasteiger partial charge >= 0.3 is 0 Å². The highest BCUT2D eigenvalue weighted by Gasteiger charge is 1.83. The van der Waals surface area contributed by atoms with Gasteiger partial charge in [-0.2, -0.15) is 0 Å². The zero-order valence-electron chi connectivity index (χ0n) is 7.09. The monoisotopic (exact) mass is 145 g/mol. The van der Waals surface area contributed by atoms with Gasteiger partial charge in [0.2, 0.25) is 0 Å². The van der Waals surface area contributed by atoms with Crippen LogP contribution in [0, 0.1) is 5.92 Å². The lowest BCUT2D eigenvalue weighted by Crippen LogP contribution is -1.88. The number of rotatable bonds is 3. The summed E-state index contributed by atoms with van der Waals surface area (Å²) >= 11 is 0. The Labute approximate surface area is 63.5 Å². The van der Waals surface area contributed by atoms with Crippen LogP contribution >= 0.6 is 0 Å². The van der Waals surface area contributed by atoms with E-state index in [4.69, 9.17) is 0 Å². The Bertz CT molecular complexity index is 60.3. The molecule has 0 amide bonds. The van der Waals surface area contributed by atoms with Crippen LogP contribution in [-0.2, 0) is 9.84 Å². The molecule has 2 nitrogen and oxygen atoms in total. The van der Waals surface area contributed by atoms with Crippen molar-refractivity contribution in [2.75, 3.05) is 13.2 Å². The van der Waals surface area contributed by atoms with Crippen LogP contribution in [0.3, 0.4) is 0 Å². The van der Waals surface area contributed by atoms with E-state index in [0.29, 0.717) is 5.92 Å². The van der Waals surface area contributed by atoms with Crippen molar-refractivity contribution >= 4 is 0 Å². The lowest BCUT2D eigenvalue weighted by Gasteiger charge is -1.87. The molecule has 0 bridgehead atoms. The number of ether oxygens (including phenoxy) is 1. The third-order valence-corrected chi connectivity index (χ3v) is 0.618. The second-order valence-corrected chi connectivity index (χ2v) is 2.18. The fraction of sp³-hybridized carbons (Fsp3) is 0.750. The average molecular weight is 145 g/mol. The molecule has 61 valence electrons. The molecule has 0 aromatic heterocycles. The Hall–Kier alpha value is -0.500. The largest absolute Gasteiger partial charge is 0.502 e. The van der Waals surface area contributed by atoms with E-state index in [0.717, 1.165) is 6.61 Å². The zero-order chi connectivity index (χ0) is 8.41. The van der Waals surface area contributed by atoms with Gasteiger partial charge < -0.3 is 4.74 Å². The molecule has 2 heteroatoms. The summed E-state index contributed by atoms with van der Waals surface area (Å²) in [4.78, 5) is 0. The van der Waals surface area contributed by atoms with E-state index in [-0.39, 0.29) is 6.61 Å². The summed E-state index contributed by atoms with van der Waals surface area (Å²) in [6, 6.07) is 0.